The van der Waals surface area contributed by atoms with Gasteiger partial charge in [-0.1, -0.05) is 38.0 Å². The number of nitrogens with zero attached hydrogens (tertiary/aromatic N) is 1. The van der Waals surface area contributed by atoms with E-state index in [0.29, 0.717) is 18.6 Å². The molecule has 5 nitrogen and oxygen atoms in total. The Hall–Kier alpha value is -2.11. The van der Waals surface area contributed by atoms with Gasteiger partial charge in [-0.2, -0.15) is 0 Å². The number of rotatable bonds is 12. The minimum atomic E-state index is -0.0271. The maximum Gasteiger partial charge on any atom is 0.309 e. The summed E-state index contributed by atoms with van der Waals surface area (Å²) < 4.78 is 17.5. The number of esters is 1. The number of unbranched alkanes of at least 4 members (excludes halogenated alkanes) is 2. The second kappa shape index (κ2) is 14.0. The highest BCUT2D eigenvalue weighted by Gasteiger charge is 2.26. The Morgan fingerprint density at radius 2 is 1.67 bits per heavy atom. The first kappa shape index (κ1) is 26.9. The Kier molecular flexibility index (Phi) is 10.5. The molecule has 2 aromatic rings. The van der Waals surface area contributed by atoms with E-state index in [-0.39, 0.29) is 11.9 Å². The monoisotopic (exact) mass is 495 g/mol. The van der Waals surface area contributed by atoms with Crippen LogP contribution in [0.15, 0.2) is 36.4 Å². The lowest BCUT2D eigenvalue weighted by Gasteiger charge is -2.30. The lowest BCUT2D eigenvalue weighted by Crippen LogP contribution is -2.36. The molecule has 0 amide bonds. The number of carbonyl (C=O) groups is 1. The van der Waals surface area contributed by atoms with Crippen LogP contribution < -0.4 is 4.74 Å². The molecule has 2 fully saturated rings. The van der Waals surface area contributed by atoms with Crippen molar-refractivity contribution in [3.63, 3.8) is 0 Å². The highest BCUT2D eigenvalue weighted by molar-refractivity contribution is 5.84. The molecular weight excluding hydrogens is 450 g/mol. The van der Waals surface area contributed by atoms with Gasteiger partial charge in [-0.3, -0.25) is 9.69 Å². The van der Waals surface area contributed by atoms with Crippen molar-refractivity contribution in [2.24, 2.45) is 11.8 Å². The number of likely N-dealkylation sites (tertiary alicyclic amines) is 1. The topological polar surface area (TPSA) is 48.0 Å². The number of hydrogen-bond donors (Lipinski definition) is 0. The zero-order valence-electron chi connectivity index (χ0n) is 22.4. The Morgan fingerprint density at radius 1 is 0.917 bits per heavy atom. The first-order valence-electron chi connectivity index (χ1n) is 14.3. The van der Waals surface area contributed by atoms with Gasteiger partial charge in [0.05, 0.1) is 18.6 Å². The van der Waals surface area contributed by atoms with E-state index < -0.39 is 0 Å². The Balaban J connectivity index is 1.22. The van der Waals surface area contributed by atoms with Gasteiger partial charge in [0, 0.05) is 19.8 Å². The standard InChI is InChI=1S/C31H45NO4/c1-3-5-6-19-34-23-24-8-12-29(13-9-24)36-30-14-11-27-20-25(7-10-28(27)21-30)22-32-17-15-26(16-18-32)31(33)35-4-2/h7,10-11,14,20-21,24,26,29H,3-6,8-9,12-13,15-19,22-23H2,1-2H3. The number of piperidine rings is 1. The highest BCUT2D eigenvalue weighted by atomic mass is 16.5. The Labute approximate surface area is 217 Å². The fourth-order valence-corrected chi connectivity index (χ4v) is 5.60. The quantitative estimate of drug-likeness (QED) is 0.240. The molecule has 2 aromatic carbocycles. The predicted octanol–water partition coefficient (Wildman–Crippen LogP) is 6.76. The van der Waals surface area contributed by atoms with Crippen LogP contribution in [0.3, 0.4) is 0 Å². The summed E-state index contributed by atoms with van der Waals surface area (Å²) >= 11 is 0. The van der Waals surface area contributed by atoms with Crippen LogP contribution >= 0.6 is 0 Å². The summed E-state index contributed by atoms with van der Waals surface area (Å²) in [6.45, 7) is 9.22. The van der Waals surface area contributed by atoms with E-state index in [1.807, 2.05) is 6.92 Å². The summed E-state index contributed by atoms with van der Waals surface area (Å²) in [5, 5.41) is 2.48. The number of ether oxygens (including phenoxy) is 3. The average Bonchev–Trinajstić information content (AvgIpc) is 2.90. The van der Waals surface area contributed by atoms with E-state index in [2.05, 4.69) is 48.2 Å². The molecule has 4 rings (SSSR count). The number of fused-ring (bicyclic) bond motifs is 1. The van der Waals surface area contributed by atoms with Crippen molar-refractivity contribution in [1.82, 2.24) is 4.90 Å². The van der Waals surface area contributed by atoms with Gasteiger partial charge in [-0.05, 0) is 105 Å². The molecular formula is C31H45NO4. The molecule has 5 heteroatoms. The van der Waals surface area contributed by atoms with Crippen molar-refractivity contribution in [2.45, 2.75) is 84.3 Å². The zero-order chi connectivity index (χ0) is 25.2. The number of hydrogen-bond acceptors (Lipinski definition) is 5. The van der Waals surface area contributed by atoms with Gasteiger partial charge in [0.1, 0.15) is 5.75 Å². The lowest BCUT2D eigenvalue weighted by molar-refractivity contribution is -0.149. The second-order valence-electron chi connectivity index (χ2n) is 10.7. The van der Waals surface area contributed by atoms with E-state index in [0.717, 1.165) is 64.3 Å². The first-order chi connectivity index (χ1) is 17.6. The van der Waals surface area contributed by atoms with E-state index in [1.54, 1.807) is 0 Å². The van der Waals surface area contributed by atoms with Gasteiger partial charge in [0.2, 0.25) is 0 Å². The second-order valence-corrected chi connectivity index (χ2v) is 10.7. The maximum atomic E-state index is 12.0. The van der Waals surface area contributed by atoms with Crippen molar-refractivity contribution in [2.75, 3.05) is 32.9 Å². The molecule has 0 aromatic heterocycles. The maximum absolute atomic E-state index is 12.0. The molecule has 0 radical (unpaired) electrons. The SMILES string of the molecule is CCCCCOCC1CCC(Oc2ccc3cc(CN4CCC(C(=O)OCC)CC4)ccc3c2)CC1. The molecule has 1 heterocycles. The van der Waals surface area contributed by atoms with Crippen LogP contribution in [0.4, 0.5) is 0 Å². The molecule has 0 bridgehead atoms. The third kappa shape index (κ3) is 7.94. The summed E-state index contributed by atoms with van der Waals surface area (Å²) in [7, 11) is 0. The summed E-state index contributed by atoms with van der Waals surface area (Å²) in [6, 6.07) is 13.2. The molecule has 0 N–H and O–H groups in total. The van der Waals surface area contributed by atoms with Gasteiger partial charge >= 0.3 is 5.97 Å². The number of benzene rings is 2. The molecule has 0 atom stereocenters. The van der Waals surface area contributed by atoms with Crippen LogP contribution in [0.2, 0.25) is 0 Å². The highest BCUT2D eigenvalue weighted by Crippen LogP contribution is 2.30. The van der Waals surface area contributed by atoms with Crippen LogP contribution in [0.25, 0.3) is 10.8 Å². The largest absolute Gasteiger partial charge is 0.490 e. The summed E-state index contributed by atoms with van der Waals surface area (Å²) in [5.74, 6) is 1.71. The molecule has 0 spiro atoms. The first-order valence-corrected chi connectivity index (χ1v) is 14.3. The Bertz CT molecular complexity index is 945. The lowest BCUT2D eigenvalue weighted by atomic mass is 9.88. The summed E-state index contributed by atoms with van der Waals surface area (Å²) in [5.41, 5.74) is 1.32. The van der Waals surface area contributed by atoms with Crippen molar-refractivity contribution >= 4 is 16.7 Å². The molecule has 1 aliphatic heterocycles. The van der Waals surface area contributed by atoms with Crippen molar-refractivity contribution in [3.8, 4) is 5.75 Å². The van der Waals surface area contributed by atoms with E-state index in [4.69, 9.17) is 14.2 Å². The van der Waals surface area contributed by atoms with Crippen molar-refractivity contribution in [3.05, 3.63) is 42.0 Å². The molecule has 36 heavy (non-hydrogen) atoms. The fraction of sp³-hybridized carbons (Fsp3) is 0.645. The smallest absolute Gasteiger partial charge is 0.309 e. The van der Waals surface area contributed by atoms with E-state index in [9.17, 15) is 4.79 Å². The third-order valence-electron chi connectivity index (χ3n) is 7.83. The Morgan fingerprint density at radius 3 is 2.42 bits per heavy atom. The summed E-state index contributed by atoms with van der Waals surface area (Å²) in [6.07, 6.45) is 10.4. The van der Waals surface area contributed by atoms with Crippen LogP contribution in [-0.4, -0.2) is 49.9 Å². The van der Waals surface area contributed by atoms with Crippen molar-refractivity contribution < 1.29 is 19.0 Å². The summed E-state index contributed by atoms with van der Waals surface area (Å²) in [4.78, 5) is 14.4. The molecule has 2 aliphatic rings. The molecule has 1 aliphatic carbocycles. The van der Waals surface area contributed by atoms with E-state index >= 15 is 0 Å². The van der Waals surface area contributed by atoms with Crippen LogP contribution in [0.1, 0.15) is 77.2 Å². The minimum absolute atomic E-state index is 0.0271. The molecule has 0 unspecified atom stereocenters. The van der Waals surface area contributed by atoms with Gasteiger partial charge in [0.25, 0.3) is 0 Å². The molecule has 198 valence electrons. The van der Waals surface area contributed by atoms with Gasteiger partial charge in [-0.15, -0.1) is 0 Å². The predicted molar refractivity (Wildman–Crippen MR) is 145 cm³/mol. The minimum Gasteiger partial charge on any atom is -0.490 e. The van der Waals surface area contributed by atoms with Gasteiger partial charge in [-0.25, -0.2) is 0 Å². The molecule has 1 saturated carbocycles. The van der Waals surface area contributed by atoms with Crippen LogP contribution in [0, 0.1) is 11.8 Å². The van der Waals surface area contributed by atoms with Crippen LogP contribution in [-0.2, 0) is 20.8 Å². The van der Waals surface area contributed by atoms with Crippen LogP contribution in [0.5, 0.6) is 5.75 Å². The molecule has 1 saturated heterocycles. The average molecular weight is 496 g/mol. The van der Waals surface area contributed by atoms with Gasteiger partial charge < -0.3 is 14.2 Å². The third-order valence-corrected chi connectivity index (χ3v) is 7.83. The normalized spacial score (nSPS) is 21.5. The van der Waals surface area contributed by atoms with Crippen molar-refractivity contribution in [1.29, 1.82) is 0 Å². The van der Waals surface area contributed by atoms with E-state index in [1.165, 1.54) is 48.4 Å². The zero-order valence-corrected chi connectivity index (χ0v) is 22.4. The fourth-order valence-electron chi connectivity index (χ4n) is 5.60. The van der Waals surface area contributed by atoms with Gasteiger partial charge in [0.15, 0.2) is 0 Å². The number of carbonyl (C=O) groups excluding carboxylic acids is 1.